The molecule has 3 aromatic rings. The molecule has 0 saturated heterocycles. The summed E-state index contributed by atoms with van der Waals surface area (Å²) in [6.07, 6.45) is -0.802. The van der Waals surface area contributed by atoms with E-state index in [2.05, 4.69) is 5.32 Å². The van der Waals surface area contributed by atoms with Crippen LogP contribution in [0, 0.1) is 6.92 Å². The summed E-state index contributed by atoms with van der Waals surface area (Å²) in [5.74, 6) is -0.626. The Morgan fingerprint density at radius 2 is 1.53 bits per heavy atom. The summed E-state index contributed by atoms with van der Waals surface area (Å²) >= 11 is 0. The number of amides is 1. The van der Waals surface area contributed by atoms with Gasteiger partial charge in [0.1, 0.15) is 17.3 Å². The Bertz CT molecular complexity index is 1210. The first-order valence-corrected chi connectivity index (χ1v) is 11.9. The van der Waals surface area contributed by atoms with Gasteiger partial charge in [0.2, 0.25) is 0 Å². The SMILES string of the molecule is CCOC(=O)C(NC(=O)OCc1ccccc1)c1ccc(OS(=O)(=O)c2ccc(C)cc2)cc1. The van der Waals surface area contributed by atoms with Crippen LogP contribution in [0.25, 0.3) is 0 Å². The number of benzene rings is 3. The van der Waals surface area contributed by atoms with Crippen molar-refractivity contribution >= 4 is 22.2 Å². The van der Waals surface area contributed by atoms with Gasteiger partial charge in [0, 0.05) is 0 Å². The van der Waals surface area contributed by atoms with Crippen LogP contribution in [0.5, 0.6) is 5.75 Å². The van der Waals surface area contributed by atoms with Crippen LogP contribution in [-0.2, 0) is 31.0 Å². The third-order valence-electron chi connectivity index (χ3n) is 4.73. The van der Waals surface area contributed by atoms with Gasteiger partial charge in [0.05, 0.1) is 6.61 Å². The molecule has 3 rings (SSSR count). The molecule has 0 heterocycles. The summed E-state index contributed by atoms with van der Waals surface area (Å²) in [4.78, 5) is 24.8. The maximum absolute atomic E-state index is 12.5. The summed E-state index contributed by atoms with van der Waals surface area (Å²) in [7, 11) is -4.02. The van der Waals surface area contributed by atoms with Crippen LogP contribution in [0.1, 0.15) is 29.7 Å². The van der Waals surface area contributed by atoms with Crippen molar-refractivity contribution in [1.29, 1.82) is 0 Å². The molecule has 0 bridgehead atoms. The summed E-state index contributed by atoms with van der Waals surface area (Å²) in [5.41, 5.74) is 2.08. The molecule has 0 aromatic heterocycles. The van der Waals surface area contributed by atoms with Crippen LogP contribution >= 0.6 is 0 Å². The molecule has 0 spiro atoms. The molecule has 1 amide bonds. The maximum Gasteiger partial charge on any atom is 0.408 e. The van der Waals surface area contributed by atoms with E-state index >= 15 is 0 Å². The van der Waals surface area contributed by atoms with Gasteiger partial charge in [-0.3, -0.25) is 0 Å². The fourth-order valence-electron chi connectivity index (χ4n) is 2.98. The highest BCUT2D eigenvalue weighted by Crippen LogP contribution is 2.23. The molecule has 178 valence electrons. The number of esters is 1. The van der Waals surface area contributed by atoms with Crippen molar-refractivity contribution in [3.8, 4) is 5.75 Å². The number of carbonyl (C=O) groups excluding carboxylic acids is 2. The molecule has 8 nitrogen and oxygen atoms in total. The second kappa shape index (κ2) is 11.3. The molecule has 1 N–H and O–H groups in total. The van der Waals surface area contributed by atoms with Gasteiger partial charge in [0.15, 0.2) is 6.04 Å². The standard InChI is InChI=1S/C25H25NO7S/c1-3-31-24(27)23(26-25(28)32-17-19-7-5-4-6-8-19)20-11-13-21(14-12-20)33-34(29,30)22-15-9-18(2)10-16-22/h4-16,23H,3,17H2,1-2H3,(H,26,28). The van der Waals surface area contributed by atoms with E-state index < -0.39 is 28.2 Å². The van der Waals surface area contributed by atoms with Gasteiger partial charge in [0.25, 0.3) is 0 Å². The summed E-state index contributed by atoms with van der Waals surface area (Å²) in [6.45, 7) is 3.65. The molecule has 0 aliphatic heterocycles. The van der Waals surface area contributed by atoms with Crippen LogP contribution < -0.4 is 9.50 Å². The van der Waals surface area contributed by atoms with Crippen LogP contribution in [0.15, 0.2) is 83.8 Å². The Hall–Kier alpha value is -3.85. The van der Waals surface area contributed by atoms with E-state index in [-0.39, 0.29) is 23.9 Å². The van der Waals surface area contributed by atoms with E-state index in [9.17, 15) is 18.0 Å². The van der Waals surface area contributed by atoms with Gasteiger partial charge in [-0.1, -0.05) is 60.2 Å². The van der Waals surface area contributed by atoms with Gasteiger partial charge in [-0.25, -0.2) is 9.59 Å². The van der Waals surface area contributed by atoms with Crippen molar-refractivity contribution in [2.45, 2.75) is 31.4 Å². The summed E-state index contributed by atoms with van der Waals surface area (Å²) in [5, 5.41) is 2.49. The summed E-state index contributed by atoms with van der Waals surface area (Å²) < 4.78 is 40.4. The van der Waals surface area contributed by atoms with Crippen molar-refractivity contribution in [3.63, 3.8) is 0 Å². The molecule has 0 radical (unpaired) electrons. The highest BCUT2D eigenvalue weighted by molar-refractivity contribution is 7.87. The molecular formula is C25H25NO7S. The highest BCUT2D eigenvalue weighted by Gasteiger charge is 2.25. The molecule has 0 aliphatic rings. The Labute approximate surface area is 198 Å². The third-order valence-corrected chi connectivity index (χ3v) is 5.99. The Balaban J connectivity index is 1.70. The van der Waals surface area contributed by atoms with E-state index in [0.29, 0.717) is 5.56 Å². The lowest BCUT2D eigenvalue weighted by molar-refractivity contribution is -0.145. The molecule has 1 atom stereocenters. The first-order valence-electron chi connectivity index (χ1n) is 10.5. The number of aryl methyl sites for hydroxylation is 1. The molecule has 0 fully saturated rings. The van der Waals surface area contributed by atoms with Crippen molar-refractivity contribution in [1.82, 2.24) is 5.32 Å². The van der Waals surface area contributed by atoms with Gasteiger partial charge in [-0.2, -0.15) is 8.42 Å². The lowest BCUT2D eigenvalue weighted by Gasteiger charge is -2.18. The van der Waals surface area contributed by atoms with Gasteiger partial charge < -0.3 is 19.0 Å². The number of carbonyl (C=O) groups is 2. The second-order valence-corrected chi connectivity index (χ2v) is 8.86. The molecule has 0 aliphatic carbocycles. The van der Waals surface area contributed by atoms with Crippen molar-refractivity contribution in [2.75, 3.05) is 6.61 Å². The Kier molecular flexibility index (Phi) is 8.26. The van der Waals surface area contributed by atoms with Crippen molar-refractivity contribution < 1.29 is 31.7 Å². The fraction of sp³-hybridized carbons (Fsp3) is 0.200. The molecule has 34 heavy (non-hydrogen) atoms. The minimum Gasteiger partial charge on any atom is -0.464 e. The van der Waals surface area contributed by atoms with E-state index in [1.54, 1.807) is 31.2 Å². The van der Waals surface area contributed by atoms with Crippen molar-refractivity contribution in [2.24, 2.45) is 0 Å². The minimum absolute atomic E-state index is 0.0226. The van der Waals surface area contributed by atoms with Crippen molar-refractivity contribution in [3.05, 3.63) is 95.6 Å². The first-order chi connectivity index (χ1) is 16.3. The molecule has 3 aromatic carbocycles. The van der Waals surface area contributed by atoms with Crippen LogP contribution in [0.2, 0.25) is 0 Å². The topological polar surface area (TPSA) is 108 Å². The second-order valence-electron chi connectivity index (χ2n) is 7.31. The monoisotopic (exact) mass is 483 g/mol. The molecule has 0 saturated carbocycles. The predicted octanol–water partition coefficient (Wildman–Crippen LogP) is 4.29. The number of hydrogen-bond acceptors (Lipinski definition) is 7. The molecular weight excluding hydrogens is 458 g/mol. The van der Waals surface area contributed by atoms with Gasteiger partial charge in [-0.05, 0) is 49.2 Å². The van der Waals surface area contributed by atoms with E-state index in [1.807, 2.05) is 25.1 Å². The zero-order chi connectivity index (χ0) is 24.6. The number of hydrogen-bond donors (Lipinski definition) is 1. The van der Waals surface area contributed by atoms with Crippen LogP contribution in [0.3, 0.4) is 0 Å². The molecule has 9 heteroatoms. The Morgan fingerprint density at radius 3 is 2.15 bits per heavy atom. The van der Waals surface area contributed by atoms with Crippen LogP contribution in [0.4, 0.5) is 4.79 Å². The van der Waals surface area contributed by atoms with Gasteiger partial charge >= 0.3 is 22.2 Å². The largest absolute Gasteiger partial charge is 0.464 e. The average molecular weight is 484 g/mol. The summed E-state index contributed by atoms with van der Waals surface area (Å²) in [6, 6.07) is 19.9. The zero-order valence-corrected chi connectivity index (χ0v) is 19.6. The smallest absolute Gasteiger partial charge is 0.408 e. The number of rotatable bonds is 9. The highest BCUT2D eigenvalue weighted by atomic mass is 32.2. The van der Waals surface area contributed by atoms with Gasteiger partial charge in [-0.15, -0.1) is 0 Å². The normalized spacial score (nSPS) is 11.8. The average Bonchev–Trinajstić information content (AvgIpc) is 2.83. The number of nitrogens with one attached hydrogen (secondary N) is 1. The lowest BCUT2D eigenvalue weighted by Crippen LogP contribution is -2.35. The quantitative estimate of drug-likeness (QED) is 0.357. The Morgan fingerprint density at radius 1 is 0.882 bits per heavy atom. The van der Waals surface area contributed by atoms with E-state index in [1.165, 1.54) is 36.4 Å². The zero-order valence-electron chi connectivity index (χ0n) is 18.8. The van der Waals surface area contributed by atoms with Crippen LogP contribution in [-0.4, -0.2) is 27.1 Å². The van der Waals surface area contributed by atoms with E-state index in [0.717, 1.165) is 11.1 Å². The first kappa shape index (κ1) is 24.8. The van der Waals surface area contributed by atoms with E-state index in [4.69, 9.17) is 13.7 Å². The molecule has 1 unspecified atom stereocenters. The fourth-order valence-corrected chi connectivity index (χ4v) is 3.91. The third kappa shape index (κ3) is 6.82. The number of alkyl carbamates (subject to hydrolysis) is 1. The minimum atomic E-state index is -4.02. The number of ether oxygens (including phenoxy) is 2. The maximum atomic E-state index is 12.5. The lowest BCUT2D eigenvalue weighted by atomic mass is 10.1. The predicted molar refractivity (Wildman–Crippen MR) is 125 cm³/mol.